The number of hydrogen-bond acceptors (Lipinski definition) is 3. The Morgan fingerprint density at radius 3 is 2.46 bits per heavy atom. The normalized spacial score (nSPS) is 12.5. The summed E-state index contributed by atoms with van der Waals surface area (Å²) in [6, 6.07) is 23.2. The highest BCUT2D eigenvalue weighted by Crippen LogP contribution is 2.34. The molecule has 26 heavy (non-hydrogen) atoms. The predicted molar refractivity (Wildman–Crippen MR) is 101 cm³/mol. The molecule has 1 aliphatic heterocycles. The van der Waals surface area contributed by atoms with Gasteiger partial charge in [-0.3, -0.25) is 4.79 Å². The van der Waals surface area contributed by atoms with Gasteiger partial charge < -0.3 is 14.0 Å². The van der Waals surface area contributed by atoms with Gasteiger partial charge in [-0.1, -0.05) is 42.5 Å². The Balaban J connectivity index is 1.82. The number of para-hydroxylation sites is 1. The standard InChI is InChI=1S/C22H15NO3/c24-22-17-8-4-5-9-19(17)23(13-18(22)15-6-2-1-3-7-15)16-10-11-20-21(12-16)26-14-25-20/h1-13H,14H2. The van der Waals surface area contributed by atoms with Crippen molar-refractivity contribution in [3.63, 3.8) is 0 Å². The number of hydrogen-bond donors (Lipinski definition) is 0. The largest absolute Gasteiger partial charge is 0.454 e. The number of nitrogens with zero attached hydrogens (tertiary/aromatic N) is 1. The molecule has 126 valence electrons. The van der Waals surface area contributed by atoms with E-state index >= 15 is 0 Å². The van der Waals surface area contributed by atoms with Gasteiger partial charge in [-0.05, 0) is 29.8 Å². The van der Waals surface area contributed by atoms with Crippen molar-refractivity contribution in [2.24, 2.45) is 0 Å². The van der Waals surface area contributed by atoms with Gasteiger partial charge in [-0.2, -0.15) is 0 Å². The molecule has 5 rings (SSSR count). The van der Waals surface area contributed by atoms with Gasteiger partial charge in [0.25, 0.3) is 0 Å². The summed E-state index contributed by atoms with van der Waals surface area (Å²) < 4.78 is 13.0. The number of rotatable bonds is 2. The van der Waals surface area contributed by atoms with Gasteiger partial charge in [-0.15, -0.1) is 0 Å². The molecule has 0 aliphatic carbocycles. The Hall–Kier alpha value is -3.53. The highest BCUT2D eigenvalue weighted by atomic mass is 16.7. The summed E-state index contributed by atoms with van der Waals surface area (Å²) >= 11 is 0. The van der Waals surface area contributed by atoms with E-state index in [-0.39, 0.29) is 12.2 Å². The van der Waals surface area contributed by atoms with Crippen LogP contribution >= 0.6 is 0 Å². The SMILES string of the molecule is O=c1c(-c2ccccc2)cn(-c2ccc3c(c2)OCO3)c2ccccc12. The fraction of sp³-hybridized carbons (Fsp3) is 0.0455. The Morgan fingerprint density at radius 1 is 0.808 bits per heavy atom. The van der Waals surface area contributed by atoms with Crippen LogP contribution in [0.1, 0.15) is 0 Å². The third-order valence-electron chi connectivity index (χ3n) is 4.63. The van der Waals surface area contributed by atoms with Crippen LogP contribution in [0.3, 0.4) is 0 Å². The third-order valence-corrected chi connectivity index (χ3v) is 4.63. The summed E-state index contributed by atoms with van der Waals surface area (Å²) in [5.41, 5.74) is 3.38. The van der Waals surface area contributed by atoms with Crippen LogP contribution in [-0.2, 0) is 0 Å². The fourth-order valence-corrected chi connectivity index (χ4v) is 3.35. The van der Waals surface area contributed by atoms with Crippen LogP contribution in [0.2, 0.25) is 0 Å². The molecule has 0 N–H and O–H groups in total. The molecule has 4 heteroatoms. The van der Waals surface area contributed by atoms with Crippen molar-refractivity contribution in [1.29, 1.82) is 0 Å². The topological polar surface area (TPSA) is 40.5 Å². The molecule has 4 aromatic rings. The molecule has 0 atom stereocenters. The zero-order valence-corrected chi connectivity index (χ0v) is 13.9. The highest BCUT2D eigenvalue weighted by Gasteiger charge is 2.16. The molecule has 0 saturated carbocycles. The Labute approximate surface area is 149 Å². The first-order valence-electron chi connectivity index (χ1n) is 8.41. The van der Waals surface area contributed by atoms with Gasteiger partial charge in [0.15, 0.2) is 16.9 Å². The van der Waals surface area contributed by atoms with Crippen LogP contribution in [-0.4, -0.2) is 11.4 Å². The molecular weight excluding hydrogens is 326 g/mol. The molecule has 0 bridgehead atoms. The molecule has 3 aromatic carbocycles. The molecular formula is C22H15NO3. The average molecular weight is 341 g/mol. The molecule has 1 aliphatic rings. The van der Waals surface area contributed by atoms with E-state index in [2.05, 4.69) is 0 Å². The lowest BCUT2D eigenvalue weighted by Crippen LogP contribution is -2.11. The molecule has 0 fully saturated rings. The fourth-order valence-electron chi connectivity index (χ4n) is 3.35. The van der Waals surface area contributed by atoms with Crippen LogP contribution < -0.4 is 14.9 Å². The molecule has 0 radical (unpaired) electrons. The van der Waals surface area contributed by atoms with Gasteiger partial charge in [0.05, 0.1) is 5.52 Å². The van der Waals surface area contributed by atoms with Crippen molar-refractivity contribution in [2.75, 3.05) is 6.79 Å². The first-order chi connectivity index (χ1) is 12.8. The van der Waals surface area contributed by atoms with Crippen molar-refractivity contribution in [1.82, 2.24) is 4.57 Å². The maximum Gasteiger partial charge on any atom is 0.231 e. The molecule has 0 spiro atoms. The second-order valence-corrected chi connectivity index (χ2v) is 6.16. The van der Waals surface area contributed by atoms with Gasteiger partial charge in [0.1, 0.15) is 0 Å². The number of pyridine rings is 1. The summed E-state index contributed by atoms with van der Waals surface area (Å²) in [6.07, 6.45) is 1.90. The third kappa shape index (κ3) is 2.27. The maximum atomic E-state index is 13.0. The van der Waals surface area contributed by atoms with Crippen LogP contribution in [0.4, 0.5) is 0 Å². The average Bonchev–Trinajstić information content (AvgIpc) is 3.17. The molecule has 0 unspecified atom stereocenters. The zero-order valence-electron chi connectivity index (χ0n) is 13.9. The summed E-state index contributed by atoms with van der Waals surface area (Å²) in [5.74, 6) is 1.45. The minimum absolute atomic E-state index is 0.0313. The summed E-state index contributed by atoms with van der Waals surface area (Å²) in [5, 5.41) is 0.687. The minimum atomic E-state index is 0.0313. The first kappa shape index (κ1) is 14.8. The maximum absolute atomic E-state index is 13.0. The van der Waals surface area contributed by atoms with Crippen LogP contribution in [0.5, 0.6) is 11.5 Å². The molecule has 0 saturated heterocycles. The van der Waals surface area contributed by atoms with E-state index < -0.39 is 0 Å². The van der Waals surface area contributed by atoms with Crippen molar-refractivity contribution in [3.05, 3.63) is 89.2 Å². The minimum Gasteiger partial charge on any atom is -0.454 e. The van der Waals surface area contributed by atoms with Crippen molar-refractivity contribution in [2.45, 2.75) is 0 Å². The lowest BCUT2D eigenvalue weighted by Gasteiger charge is -2.14. The van der Waals surface area contributed by atoms with Gasteiger partial charge >= 0.3 is 0 Å². The zero-order chi connectivity index (χ0) is 17.5. The van der Waals surface area contributed by atoms with E-state index in [4.69, 9.17) is 9.47 Å². The van der Waals surface area contributed by atoms with E-state index in [1.165, 1.54) is 0 Å². The highest BCUT2D eigenvalue weighted by molar-refractivity contribution is 5.85. The Bertz CT molecular complexity index is 1180. The van der Waals surface area contributed by atoms with E-state index in [1.54, 1.807) is 0 Å². The van der Waals surface area contributed by atoms with E-state index in [1.807, 2.05) is 83.6 Å². The summed E-state index contributed by atoms with van der Waals surface area (Å²) in [4.78, 5) is 13.0. The molecule has 1 aromatic heterocycles. The van der Waals surface area contributed by atoms with Crippen molar-refractivity contribution >= 4 is 10.9 Å². The number of fused-ring (bicyclic) bond motifs is 2. The van der Waals surface area contributed by atoms with Crippen molar-refractivity contribution in [3.8, 4) is 28.3 Å². The van der Waals surface area contributed by atoms with Gasteiger partial charge in [-0.25, -0.2) is 0 Å². The number of ether oxygens (including phenoxy) is 2. The van der Waals surface area contributed by atoms with E-state index in [9.17, 15) is 4.79 Å². The summed E-state index contributed by atoms with van der Waals surface area (Å²) in [7, 11) is 0. The van der Waals surface area contributed by atoms with E-state index in [0.29, 0.717) is 16.7 Å². The molecule has 0 amide bonds. The summed E-state index contributed by atoms with van der Waals surface area (Å²) in [6.45, 7) is 0.235. The van der Waals surface area contributed by atoms with Crippen LogP contribution in [0, 0.1) is 0 Å². The predicted octanol–water partition coefficient (Wildman–Crippen LogP) is 4.39. The van der Waals surface area contributed by atoms with Crippen LogP contribution in [0.25, 0.3) is 27.7 Å². The van der Waals surface area contributed by atoms with Crippen LogP contribution in [0.15, 0.2) is 83.8 Å². The number of aromatic nitrogens is 1. The number of benzene rings is 3. The van der Waals surface area contributed by atoms with Gasteiger partial charge in [0, 0.05) is 28.9 Å². The van der Waals surface area contributed by atoms with Crippen molar-refractivity contribution < 1.29 is 9.47 Å². The Kier molecular flexibility index (Phi) is 3.28. The smallest absolute Gasteiger partial charge is 0.231 e. The lowest BCUT2D eigenvalue weighted by molar-refractivity contribution is 0.174. The quantitative estimate of drug-likeness (QED) is 0.543. The van der Waals surface area contributed by atoms with E-state index in [0.717, 1.165) is 22.5 Å². The molecule has 4 nitrogen and oxygen atoms in total. The lowest BCUT2D eigenvalue weighted by atomic mass is 10.0. The monoisotopic (exact) mass is 341 g/mol. The van der Waals surface area contributed by atoms with Gasteiger partial charge in [0.2, 0.25) is 6.79 Å². The first-order valence-corrected chi connectivity index (χ1v) is 8.41. The molecule has 2 heterocycles. The second-order valence-electron chi connectivity index (χ2n) is 6.16. The Morgan fingerprint density at radius 2 is 1.58 bits per heavy atom. The second kappa shape index (κ2) is 5.77.